The molecule has 1 aromatic rings. The lowest BCUT2D eigenvalue weighted by Gasteiger charge is -2.34. The van der Waals surface area contributed by atoms with E-state index < -0.39 is 0 Å². The van der Waals surface area contributed by atoms with Gasteiger partial charge in [-0.1, -0.05) is 76.1 Å². The second-order valence-corrected chi connectivity index (χ2v) is 8.16. The summed E-state index contributed by atoms with van der Waals surface area (Å²) in [6, 6.07) is 4.56. The van der Waals surface area contributed by atoms with Gasteiger partial charge in [-0.05, 0) is 19.3 Å². The first-order chi connectivity index (χ1) is 10.1. The molecule has 1 aliphatic carbocycles. The molecular formula is C21H30O. The van der Waals surface area contributed by atoms with Crippen molar-refractivity contribution in [3.8, 4) is 5.75 Å². The normalized spacial score (nSPS) is 18.5. The number of aryl methyl sites for hydroxylation is 1. The van der Waals surface area contributed by atoms with E-state index in [1.54, 1.807) is 7.11 Å². The minimum Gasteiger partial charge on any atom is -0.496 e. The minimum absolute atomic E-state index is 0.00558. The molecule has 0 bridgehead atoms. The van der Waals surface area contributed by atoms with Gasteiger partial charge in [0.25, 0.3) is 0 Å². The third kappa shape index (κ3) is 2.99. The van der Waals surface area contributed by atoms with E-state index in [-0.39, 0.29) is 10.8 Å². The zero-order chi connectivity index (χ0) is 16.7. The fourth-order valence-corrected chi connectivity index (χ4v) is 3.31. The fraction of sp³-hybridized carbons (Fsp3) is 0.524. The molecule has 1 nitrogen and oxygen atoms in total. The van der Waals surface area contributed by atoms with Crippen molar-refractivity contribution in [3.05, 3.63) is 52.6 Å². The summed E-state index contributed by atoms with van der Waals surface area (Å²) in [5, 5.41) is 0. The molecule has 1 aromatic carbocycles. The van der Waals surface area contributed by atoms with Gasteiger partial charge in [0, 0.05) is 22.5 Å². The molecule has 2 rings (SSSR count). The lowest BCUT2D eigenvalue weighted by molar-refractivity contribution is 0.364. The Morgan fingerprint density at radius 1 is 0.955 bits per heavy atom. The van der Waals surface area contributed by atoms with Crippen LogP contribution in [0.1, 0.15) is 58.2 Å². The number of allylic oxidation sites excluding steroid dienone is 4. The molecule has 1 heteroatoms. The van der Waals surface area contributed by atoms with Gasteiger partial charge in [-0.2, -0.15) is 0 Å². The van der Waals surface area contributed by atoms with Gasteiger partial charge < -0.3 is 4.74 Å². The highest BCUT2D eigenvalue weighted by atomic mass is 16.5. The lowest BCUT2D eigenvalue weighted by atomic mass is 9.71. The van der Waals surface area contributed by atoms with Crippen LogP contribution < -0.4 is 4.74 Å². The quantitative estimate of drug-likeness (QED) is 0.694. The Kier molecular flexibility index (Phi) is 4.30. The van der Waals surface area contributed by atoms with Crippen LogP contribution in [0.5, 0.6) is 5.75 Å². The molecule has 0 aromatic heterocycles. The molecule has 22 heavy (non-hydrogen) atoms. The highest BCUT2D eigenvalue weighted by Crippen LogP contribution is 2.45. The predicted octanol–water partition coefficient (Wildman–Crippen LogP) is 5.71. The summed E-state index contributed by atoms with van der Waals surface area (Å²) in [4.78, 5) is 0. The molecule has 0 radical (unpaired) electrons. The number of ether oxygens (including phenoxy) is 1. The van der Waals surface area contributed by atoms with Gasteiger partial charge in [0.2, 0.25) is 0 Å². The standard InChI is InChI=1S/C21H30O/c1-14-9-10-16(11-14)21(6,7)18-13-15(2)12-17(19(18)22-8)20(3,4)5/h9-13,16H,1-8H3. The van der Waals surface area contributed by atoms with Crippen molar-refractivity contribution in [2.24, 2.45) is 5.92 Å². The predicted molar refractivity (Wildman–Crippen MR) is 95.8 cm³/mol. The smallest absolute Gasteiger partial charge is 0.126 e. The largest absolute Gasteiger partial charge is 0.496 e. The monoisotopic (exact) mass is 298 g/mol. The molecular weight excluding hydrogens is 268 g/mol. The maximum atomic E-state index is 5.89. The molecule has 0 heterocycles. The Morgan fingerprint density at radius 3 is 2.00 bits per heavy atom. The average molecular weight is 298 g/mol. The van der Waals surface area contributed by atoms with Gasteiger partial charge in [0.15, 0.2) is 0 Å². The van der Waals surface area contributed by atoms with Crippen LogP contribution in [-0.4, -0.2) is 7.11 Å². The van der Waals surface area contributed by atoms with Crippen molar-refractivity contribution in [2.45, 2.75) is 59.3 Å². The van der Waals surface area contributed by atoms with Gasteiger partial charge in [0.1, 0.15) is 5.75 Å². The van der Waals surface area contributed by atoms with E-state index >= 15 is 0 Å². The minimum atomic E-state index is 0.00558. The topological polar surface area (TPSA) is 9.23 Å². The van der Waals surface area contributed by atoms with Crippen molar-refractivity contribution in [3.63, 3.8) is 0 Å². The van der Waals surface area contributed by atoms with E-state index in [2.05, 4.69) is 78.8 Å². The van der Waals surface area contributed by atoms with Gasteiger partial charge in [-0.25, -0.2) is 0 Å². The molecule has 0 aliphatic heterocycles. The molecule has 0 N–H and O–H groups in total. The van der Waals surface area contributed by atoms with Crippen LogP contribution in [-0.2, 0) is 10.8 Å². The first-order valence-corrected chi connectivity index (χ1v) is 8.13. The molecule has 0 saturated carbocycles. The Labute approximate surface area is 136 Å². The molecule has 120 valence electrons. The van der Waals surface area contributed by atoms with Crippen molar-refractivity contribution >= 4 is 0 Å². The number of rotatable bonds is 3. The Bertz CT molecular complexity index is 624. The molecule has 1 unspecified atom stereocenters. The zero-order valence-corrected chi connectivity index (χ0v) is 15.4. The van der Waals surface area contributed by atoms with Crippen LogP contribution in [0.2, 0.25) is 0 Å². The maximum Gasteiger partial charge on any atom is 0.126 e. The van der Waals surface area contributed by atoms with E-state index in [1.165, 1.54) is 22.3 Å². The summed E-state index contributed by atoms with van der Waals surface area (Å²) in [6.07, 6.45) is 6.89. The summed E-state index contributed by atoms with van der Waals surface area (Å²) in [5.74, 6) is 1.46. The highest BCUT2D eigenvalue weighted by molar-refractivity contribution is 5.52. The lowest BCUT2D eigenvalue weighted by Crippen LogP contribution is -2.27. The first-order valence-electron chi connectivity index (χ1n) is 8.13. The fourth-order valence-electron chi connectivity index (χ4n) is 3.31. The molecule has 0 amide bonds. The second kappa shape index (κ2) is 5.61. The van der Waals surface area contributed by atoms with Crippen molar-refractivity contribution in [2.75, 3.05) is 7.11 Å². The van der Waals surface area contributed by atoms with Gasteiger partial charge in [-0.3, -0.25) is 0 Å². The third-order valence-electron chi connectivity index (χ3n) is 4.78. The van der Waals surface area contributed by atoms with Crippen LogP contribution >= 0.6 is 0 Å². The van der Waals surface area contributed by atoms with E-state index in [9.17, 15) is 0 Å². The third-order valence-corrected chi connectivity index (χ3v) is 4.78. The summed E-state index contributed by atoms with van der Waals surface area (Å²) in [5.41, 5.74) is 5.32. The highest BCUT2D eigenvalue weighted by Gasteiger charge is 2.35. The summed E-state index contributed by atoms with van der Waals surface area (Å²) < 4.78 is 5.89. The summed E-state index contributed by atoms with van der Waals surface area (Å²) >= 11 is 0. The number of benzene rings is 1. The Hall–Kier alpha value is -1.50. The van der Waals surface area contributed by atoms with Gasteiger partial charge in [-0.15, -0.1) is 0 Å². The maximum absolute atomic E-state index is 5.89. The average Bonchev–Trinajstić information content (AvgIpc) is 2.84. The van der Waals surface area contributed by atoms with E-state index in [4.69, 9.17) is 4.74 Å². The Balaban J connectivity index is 2.64. The number of methoxy groups -OCH3 is 1. The van der Waals surface area contributed by atoms with E-state index in [1.807, 2.05) is 0 Å². The van der Waals surface area contributed by atoms with Gasteiger partial charge in [0.05, 0.1) is 7.11 Å². The van der Waals surface area contributed by atoms with Gasteiger partial charge >= 0.3 is 0 Å². The van der Waals surface area contributed by atoms with E-state index in [0.717, 1.165) is 5.75 Å². The molecule has 1 aliphatic rings. The summed E-state index contributed by atoms with van der Waals surface area (Å²) in [7, 11) is 1.80. The van der Waals surface area contributed by atoms with E-state index in [0.29, 0.717) is 5.92 Å². The zero-order valence-electron chi connectivity index (χ0n) is 15.4. The number of hydrogen-bond donors (Lipinski definition) is 0. The van der Waals surface area contributed by atoms with Crippen LogP contribution in [0.4, 0.5) is 0 Å². The van der Waals surface area contributed by atoms with Crippen LogP contribution in [0.25, 0.3) is 0 Å². The number of hydrogen-bond acceptors (Lipinski definition) is 1. The molecule has 0 spiro atoms. The van der Waals surface area contributed by atoms with Crippen molar-refractivity contribution < 1.29 is 4.74 Å². The van der Waals surface area contributed by atoms with Crippen LogP contribution in [0, 0.1) is 12.8 Å². The second-order valence-electron chi connectivity index (χ2n) is 8.16. The molecule has 1 atom stereocenters. The molecule has 0 saturated heterocycles. The van der Waals surface area contributed by atoms with Crippen LogP contribution in [0.15, 0.2) is 35.9 Å². The van der Waals surface area contributed by atoms with Crippen molar-refractivity contribution in [1.29, 1.82) is 0 Å². The van der Waals surface area contributed by atoms with Crippen LogP contribution in [0.3, 0.4) is 0 Å². The Morgan fingerprint density at radius 2 is 1.55 bits per heavy atom. The van der Waals surface area contributed by atoms with Crippen molar-refractivity contribution in [1.82, 2.24) is 0 Å². The summed E-state index contributed by atoms with van der Waals surface area (Å²) in [6.45, 7) is 15.7. The SMILES string of the molecule is COc1c(C(C)(C)C)cc(C)cc1C(C)(C)C1C=CC(C)=C1. The first kappa shape index (κ1) is 16.9. The molecule has 0 fully saturated rings.